The van der Waals surface area contributed by atoms with E-state index in [0.717, 1.165) is 16.8 Å². The van der Waals surface area contributed by atoms with Gasteiger partial charge in [-0.3, -0.25) is 0 Å². The fourth-order valence-electron chi connectivity index (χ4n) is 1.52. The van der Waals surface area contributed by atoms with Gasteiger partial charge in [0.2, 0.25) is 0 Å². The molecule has 0 aliphatic rings. The van der Waals surface area contributed by atoms with Gasteiger partial charge in [-0.25, -0.2) is 4.79 Å². The van der Waals surface area contributed by atoms with Crippen molar-refractivity contribution in [2.24, 2.45) is 0 Å². The predicted octanol–water partition coefficient (Wildman–Crippen LogP) is 3.77. The van der Waals surface area contributed by atoms with Gasteiger partial charge in [-0.15, -0.1) is 0 Å². The lowest BCUT2D eigenvalue weighted by Gasteiger charge is -2.05. The highest BCUT2D eigenvalue weighted by Gasteiger charge is 2.04. The van der Waals surface area contributed by atoms with Gasteiger partial charge in [0.1, 0.15) is 0 Å². The highest BCUT2D eigenvalue weighted by atomic mass is 16.2. The summed E-state index contributed by atoms with van der Waals surface area (Å²) in [5.41, 5.74) is 3.71. The minimum atomic E-state index is -0.359. The van der Waals surface area contributed by atoms with Crippen molar-refractivity contribution < 1.29 is 4.79 Å². The summed E-state index contributed by atoms with van der Waals surface area (Å²) in [6, 6.07) is 14.8. The van der Waals surface area contributed by atoms with Crippen LogP contribution in [0.15, 0.2) is 48.5 Å². The maximum atomic E-state index is 11.7. The number of carbonyl (C=O) groups is 1. The largest absolute Gasteiger partial charge is 0.345 e. The molecule has 0 spiro atoms. The Bertz CT molecular complexity index is 480. The SMILES string of the molecule is Cc1ccc([N]C(=O)Nc2ccc(C)cc2)cc1. The summed E-state index contributed by atoms with van der Waals surface area (Å²) in [4.78, 5) is 11.7. The van der Waals surface area contributed by atoms with E-state index in [1.54, 1.807) is 0 Å². The van der Waals surface area contributed by atoms with Gasteiger partial charge >= 0.3 is 6.03 Å². The number of aryl methyl sites for hydroxylation is 2. The molecule has 1 radical (unpaired) electrons. The molecule has 18 heavy (non-hydrogen) atoms. The van der Waals surface area contributed by atoms with Crippen molar-refractivity contribution in [2.75, 3.05) is 5.32 Å². The van der Waals surface area contributed by atoms with Crippen LogP contribution >= 0.6 is 0 Å². The lowest BCUT2D eigenvalue weighted by molar-refractivity contribution is 0.255. The number of hydrogen-bond acceptors (Lipinski definition) is 1. The van der Waals surface area contributed by atoms with E-state index >= 15 is 0 Å². The third-order valence-corrected chi connectivity index (χ3v) is 2.57. The van der Waals surface area contributed by atoms with Gasteiger partial charge in [-0.2, -0.15) is 5.32 Å². The Labute approximate surface area is 107 Å². The minimum absolute atomic E-state index is 0.359. The van der Waals surface area contributed by atoms with Gasteiger partial charge in [-0.05, 0) is 38.1 Å². The van der Waals surface area contributed by atoms with Crippen LogP contribution in [0.1, 0.15) is 11.1 Å². The number of anilines is 1. The first-order chi connectivity index (χ1) is 8.63. The van der Waals surface area contributed by atoms with Crippen LogP contribution in [0.25, 0.3) is 0 Å². The zero-order valence-corrected chi connectivity index (χ0v) is 10.5. The maximum Gasteiger partial charge on any atom is 0.345 e. The topological polar surface area (TPSA) is 43.2 Å². The van der Waals surface area contributed by atoms with Crippen LogP contribution < -0.4 is 10.6 Å². The molecule has 2 amide bonds. The summed E-state index contributed by atoms with van der Waals surface area (Å²) in [5.74, 6) is 0. The number of amides is 2. The van der Waals surface area contributed by atoms with E-state index in [2.05, 4.69) is 10.6 Å². The second kappa shape index (κ2) is 5.36. The number of rotatable bonds is 2. The molecule has 0 saturated carbocycles. The number of benzene rings is 2. The molecule has 3 nitrogen and oxygen atoms in total. The quantitative estimate of drug-likeness (QED) is 0.851. The van der Waals surface area contributed by atoms with Crippen molar-refractivity contribution in [3.63, 3.8) is 0 Å². The van der Waals surface area contributed by atoms with E-state index in [-0.39, 0.29) is 6.03 Å². The highest BCUT2D eigenvalue weighted by Crippen LogP contribution is 2.11. The van der Waals surface area contributed by atoms with Gasteiger partial charge < -0.3 is 5.32 Å². The van der Waals surface area contributed by atoms with Crippen molar-refractivity contribution in [1.82, 2.24) is 5.32 Å². The van der Waals surface area contributed by atoms with Gasteiger partial charge in [0.05, 0.1) is 5.69 Å². The molecule has 2 aromatic rings. The molecule has 0 aliphatic carbocycles. The Kier molecular flexibility index (Phi) is 3.63. The van der Waals surface area contributed by atoms with E-state index in [9.17, 15) is 4.79 Å². The van der Waals surface area contributed by atoms with Crippen LogP contribution in [0.2, 0.25) is 0 Å². The zero-order valence-electron chi connectivity index (χ0n) is 10.5. The van der Waals surface area contributed by atoms with E-state index in [0.29, 0.717) is 5.69 Å². The fraction of sp³-hybridized carbons (Fsp3) is 0.133. The number of urea groups is 1. The Morgan fingerprint density at radius 2 is 1.39 bits per heavy atom. The molecule has 0 bridgehead atoms. The van der Waals surface area contributed by atoms with Crippen molar-refractivity contribution in [1.29, 1.82) is 0 Å². The van der Waals surface area contributed by atoms with E-state index in [1.165, 1.54) is 0 Å². The van der Waals surface area contributed by atoms with Crippen LogP contribution in [0.3, 0.4) is 0 Å². The van der Waals surface area contributed by atoms with Crippen LogP contribution in [0.5, 0.6) is 0 Å². The molecule has 0 heterocycles. The monoisotopic (exact) mass is 239 g/mol. The molecule has 0 fully saturated rings. The lowest BCUT2D eigenvalue weighted by Crippen LogP contribution is -2.18. The number of nitrogens with zero attached hydrogens (tertiary/aromatic N) is 1. The van der Waals surface area contributed by atoms with Crippen molar-refractivity contribution >= 4 is 17.4 Å². The summed E-state index contributed by atoms with van der Waals surface area (Å²) in [6.45, 7) is 4.00. The summed E-state index contributed by atoms with van der Waals surface area (Å²) >= 11 is 0. The van der Waals surface area contributed by atoms with Crippen LogP contribution in [0.4, 0.5) is 16.2 Å². The molecule has 0 unspecified atom stereocenters. The van der Waals surface area contributed by atoms with Crippen LogP contribution in [0, 0.1) is 13.8 Å². The first-order valence-electron chi connectivity index (χ1n) is 5.79. The third-order valence-electron chi connectivity index (χ3n) is 2.57. The predicted molar refractivity (Wildman–Crippen MR) is 73.2 cm³/mol. The van der Waals surface area contributed by atoms with Gasteiger partial charge in [-0.1, -0.05) is 35.4 Å². The van der Waals surface area contributed by atoms with E-state index < -0.39 is 0 Å². The van der Waals surface area contributed by atoms with Crippen molar-refractivity contribution in [3.8, 4) is 0 Å². The fourth-order valence-corrected chi connectivity index (χ4v) is 1.52. The molecule has 0 saturated heterocycles. The average Bonchev–Trinajstić information content (AvgIpc) is 2.35. The van der Waals surface area contributed by atoms with Gasteiger partial charge in [0.25, 0.3) is 0 Å². The zero-order chi connectivity index (χ0) is 13.0. The Balaban J connectivity index is 1.96. The van der Waals surface area contributed by atoms with Crippen LogP contribution in [-0.2, 0) is 0 Å². The maximum absolute atomic E-state index is 11.7. The average molecular weight is 239 g/mol. The Hall–Kier alpha value is -2.29. The summed E-state index contributed by atoms with van der Waals surface area (Å²) in [5, 5.41) is 6.69. The Morgan fingerprint density at radius 3 is 1.94 bits per heavy atom. The molecule has 1 N–H and O–H groups in total. The van der Waals surface area contributed by atoms with Crippen molar-refractivity contribution in [3.05, 3.63) is 59.7 Å². The minimum Gasteiger partial charge on any atom is -0.306 e. The number of carbonyl (C=O) groups excluding carboxylic acids is 1. The summed E-state index contributed by atoms with van der Waals surface area (Å²) in [6.07, 6.45) is 0. The first-order valence-corrected chi connectivity index (χ1v) is 5.79. The van der Waals surface area contributed by atoms with Gasteiger partial charge in [0, 0.05) is 5.69 Å². The molecule has 0 atom stereocenters. The van der Waals surface area contributed by atoms with Gasteiger partial charge in [0.15, 0.2) is 0 Å². The second-order valence-electron chi connectivity index (χ2n) is 4.24. The highest BCUT2D eigenvalue weighted by molar-refractivity contribution is 5.91. The second-order valence-corrected chi connectivity index (χ2v) is 4.24. The molecule has 3 heteroatoms. The Morgan fingerprint density at radius 1 is 0.889 bits per heavy atom. The molecule has 0 aliphatic heterocycles. The van der Waals surface area contributed by atoms with Crippen LogP contribution in [-0.4, -0.2) is 6.03 Å². The molecular formula is C15H15N2O. The molecule has 2 rings (SSSR count). The molecular weight excluding hydrogens is 224 g/mol. The molecule has 0 aromatic heterocycles. The normalized spacial score (nSPS) is 9.89. The van der Waals surface area contributed by atoms with E-state index in [1.807, 2.05) is 62.4 Å². The third kappa shape index (κ3) is 3.35. The summed E-state index contributed by atoms with van der Waals surface area (Å²) < 4.78 is 0. The lowest BCUT2D eigenvalue weighted by atomic mass is 10.2. The first kappa shape index (κ1) is 12.2. The smallest absolute Gasteiger partial charge is 0.306 e. The number of hydrogen-bond donors (Lipinski definition) is 1. The number of nitrogens with one attached hydrogen (secondary N) is 1. The standard InChI is InChI=1S/C15H15N2O/c1-11-3-7-13(8-4-11)16-15(18)17-14-9-5-12(2)6-10-14/h3-10H,1-2H3,(H,16,18). The summed E-state index contributed by atoms with van der Waals surface area (Å²) in [7, 11) is 0. The molecule has 91 valence electrons. The van der Waals surface area contributed by atoms with Crippen molar-refractivity contribution in [2.45, 2.75) is 13.8 Å². The molecule has 2 aromatic carbocycles. The van der Waals surface area contributed by atoms with E-state index in [4.69, 9.17) is 0 Å².